The number of carbonyl (C=O) groups is 1. The summed E-state index contributed by atoms with van der Waals surface area (Å²) >= 11 is 0. The van der Waals surface area contributed by atoms with E-state index in [2.05, 4.69) is 6.92 Å². The van der Waals surface area contributed by atoms with E-state index in [9.17, 15) is 4.79 Å². The molecule has 0 bridgehead atoms. The third-order valence-electron chi connectivity index (χ3n) is 2.47. The van der Waals surface area contributed by atoms with Gasteiger partial charge in [-0.3, -0.25) is 0 Å². The van der Waals surface area contributed by atoms with Crippen LogP contribution >= 0.6 is 0 Å². The van der Waals surface area contributed by atoms with Crippen LogP contribution in [0.1, 0.15) is 30.3 Å². The molecule has 4 nitrogen and oxygen atoms in total. The lowest BCUT2D eigenvalue weighted by atomic mass is 10.2. The molecule has 0 aliphatic heterocycles. The molecule has 0 unspecified atom stereocenters. The zero-order chi connectivity index (χ0) is 12.3. The first-order valence-electron chi connectivity index (χ1n) is 5.60. The van der Waals surface area contributed by atoms with Gasteiger partial charge in [-0.15, -0.1) is 0 Å². The SMILES string of the molecule is CCCCOc1ccc2cc(C(=O)O)oc2c1. The highest BCUT2D eigenvalue weighted by molar-refractivity contribution is 5.91. The molecule has 0 atom stereocenters. The maximum atomic E-state index is 10.7. The molecule has 0 saturated heterocycles. The second kappa shape index (κ2) is 4.91. The lowest BCUT2D eigenvalue weighted by Gasteiger charge is -2.04. The molecular weight excluding hydrogens is 220 g/mol. The average Bonchev–Trinajstić information content (AvgIpc) is 2.72. The molecule has 1 aromatic heterocycles. The molecule has 0 amide bonds. The van der Waals surface area contributed by atoms with Gasteiger partial charge in [-0.05, 0) is 24.6 Å². The van der Waals surface area contributed by atoms with Gasteiger partial charge in [0, 0.05) is 11.5 Å². The summed E-state index contributed by atoms with van der Waals surface area (Å²) in [5.41, 5.74) is 0.538. The number of hydrogen-bond acceptors (Lipinski definition) is 3. The molecule has 2 aromatic rings. The standard InChI is InChI=1S/C13H14O4/c1-2-3-6-16-10-5-4-9-7-12(13(14)15)17-11(9)8-10/h4-5,7-8H,2-3,6H2,1H3,(H,14,15). The fourth-order valence-electron chi connectivity index (χ4n) is 1.54. The molecule has 90 valence electrons. The molecule has 17 heavy (non-hydrogen) atoms. The van der Waals surface area contributed by atoms with Crippen molar-refractivity contribution in [1.82, 2.24) is 0 Å². The van der Waals surface area contributed by atoms with Crippen LogP contribution in [0.4, 0.5) is 0 Å². The number of fused-ring (bicyclic) bond motifs is 1. The van der Waals surface area contributed by atoms with E-state index in [0.29, 0.717) is 17.9 Å². The number of furan rings is 1. The second-order valence-corrected chi connectivity index (χ2v) is 3.82. The first-order valence-corrected chi connectivity index (χ1v) is 5.60. The molecule has 1 aromatic carbocycles. The van der Waals surface area contributed by atoms with Gasteiger partial charge in [0.25, 0.3) is 0 Å². The molecule has 0 saturated carbocycles. The molecule has 0 fully saturated rings. The predicted molar refractivity (Wildman–Crippen MR) is 63.6 cm³/mol. The number of carboxylic acids is 1. The molecule has 0 aliphatic rings. The number of rotatable bonds is 5. The van der Waals surface area contributed by atoms with E-state index in [0.717, 1.165) is 18.2 Å². The summed E-state index contributed by atoms with van der Waals surface area (Å²) in [5.74, 6) is -0.405. The highest BCUT2D eigenvalue weighted by atomic mass is 16.5. The molecule has 1 N–H and O–H groups in total. The minimum atomic E-state index is -1.06. The van der Waals surface area contributed by atoms with Gasteiger partial charge in [0.1, 0.15) is 11.3 Å². The fourth-order valence-corrected chi connectivity index (χ4v) is 1.54. The van der Waals surface area contributed by atoms with Crippen LogP contribution in [0.15, 0.2) is 28.7 Å². The van der Waals surface area contributed by atoms with E-state index in [-0.39, 0.29) is 5.76 Å². The Morgan fingerprint density at radius 1 is 1.41 bits per heavy atom. The van der Waals surface area contributed by atoms with Gasteiger partial charge in [0.05, 0.1) is 6.61 Å². The Bertz CT molecular complexity index is 527. The highest BCUT2D eigenvalue weighted by Crippen LogP contribution is 2.24. The summed E-state index contributed by atoms with van der Waals surface area (Å²) in [4.78, 5) is 10.7. The lowest BCUT2D eigenvalue weighted by molar-refractivity contribution is 0.0665. The van der Waals surface area contributed by atoms with Gasteiger partial charge in [-0.1, -0.05) is 13.3 Å². The van der Waals surface area contributed by atoms with E-state index < -0.39 is 5.97 Å². The van der Waals surface area contributed by atoms with Gasteiger partial charge in [0.15, 0.2) is 0 Å². The van der Waals surface area contributed by atoms with Crippen molar-refractivity contribution in [3.8, 4) is 5.75 Å². The van der Waals surface area contributed by atoms with Crippen LogP contribution < -0.4 is 4.74 Å². The lowest BCUT2D eigenvalue weighted by Crippen LogP contribution is -1.95. The van der Waals surface area contributed by atoms with Crippen LogP contribution in [0, 0.1) is 0 Å². The maximum Gasteiger partial charge on any atom is 0.371 e. The Morgan fingerprint density at radius 3 is 2.94 bits per heavy atom. The van der Waals surface area contributed by atoms with Crippen LogP contribution in [0.25, 0.3) is 11.0 Å². The Balaban J connectivity index is 2.21. The molecular formula is C13H14O4. The maximum absolute atomic E-state index is 10.7. The monoisotopic (exact) mass is 234 g/mol. The van der Waals surface area contributed by atoms with E-state index >= 15 is 0 Å². The first-order chi connectivity index (χ1) is 8.20. The Morgan fingerprint density at radius 2 is 2.24 bits per heavy atom. The Kier molecular flexibility index (Phi) is 3.32. The van der Waals surface area contributed by atoms with Gasteiger partial charge in [0.2, 0.25) is 5.76 Å². The minimum absolute atomic E-state index is 0.0503. The Labute approximate surface area is 98.8 Å². The summed E-state index contributed by atoms with van der Waals surface area (Å²) in [7, 11) is 0. The van der Waals surface area contributed by atoms with Crippen molar-refractivity contribution in [2.24, 2.45) is 0 Å². The summed E-state index contributed by atoms with van der Waals surface area (Å²) in [6.07, 6.45) is 2.07. The zero-order valence-electron chi connectivity index (χ0n) is 9.60. The number of ether oxygens (including phenoxy) is 1. The van der Waals surface area contributed by atoms with E-state index in [4.69, 9.17) is 14.3 Å². The molecule has 0 aliphatic carbocycles. The van der Waals surface area contributed by atoms with E-state index in [1.54, 1.807) is 12.1 Å². The highest BCUT2D eigenvalue weighted by Gasteiger charge is 2.10. The molecule has 1 heterocycles. The van der Waals surface area contributed by atoms with Crippen LogP contribution in [0.2, 0.25) is 0 Å². The average molecular weight is 234 g/mol. The molecule has 0 spiro atoms. The smallest absolute Gasteiger partial charge is 0.371 e. The number of hydrogen-bond donors (Lipinski definition) is 1. The van der Waals surface area contributed by atoms with Crippen LogP contribution in [0.3, 0.4) is 0 Å². The van der Waals surface area contributed by atoms with E-state index in [1.807, 2.05) is 6.07 Å². The number of benzene rings is 1. The van der Waals surface area contributed by atoms with Crippen molar-refractivity contribution in [2.75, 3.05) is 6.61 Å². The van der Waals surface area contributed by atoms with Crippen LogP contribution in [-0.2, 0) is 0 Å². The fraction of sp³-hybridized carbons (Fsp3) is 0.308. The molecule has 0 radical (unpaired) electrons. The topological polar surface area (TPSA) is 59.7 Å². The van der Waals surface area contributed by atoms with Crippen molar-refractivity contribution in [1.29, 1.82) is 0 Å². The van der Waals surface area contributed by atoms with Gasteiger partial charge >= 0.3 is 5.97 Å². The summed E-state index contributed by atoms with van der Waals surface area (Å²) < 4.78 is 10.7. The van der Waals surface area contributed by atoms with E-state index in [1.165, 1.54) is 6.07 Å². The third-order valence-corrected chi connectivity index (χ3v) is 2.47. The van der Waals surface area contributed by atoms with Crippen molar-refractivity contribution < 1.29 is 19.1 Å². The first kappa shape index (κ1) is 11.5. The van der Waals surface area contributed by atoms with Crippen LogP contribution in [-0.4, -0.2) is 17.7 Å². The van der Waals surface area contributed by atoms with Crippen molar-refractivity contribution >= 4 is 16.9 Å². The Hall–Kier alpha value is -1.97. The normalized spacial score (nSPS) is 10.6. The van der Waals surface area contributed by atoms with Crippen molar-refractivity contribution in [3.63, 3.8) is 0 Å². The summed E-state index contributed by atoms with van der Waals surface area (Å²) in [6.45, 7) is 2.76. The third kappa shape index (κ3) is 2.58. The largest absolute Gasteiger partial charge is 0.493 e. The van der Waals surface area contributed by atoms with Gasteiger partial charge in [-0.25, -0.2) is 4.79 Å². The van der Waals surface area contributed by atoms with Crippen LogP contribution in [0.5, 0.6) is 5.75 Å². The molecule has 4 heteroatoms. The quantitative estimate of drug-likeness (QED) is 0.806. The second-order valence-electron chi connectivity index (χ2n) is 3.82. The molecule has 2 rings (SSSR count). The summed E-state index contributed by atoms with van der Waals surface area (Å²) in [5, 5.41) is 9.57. The number of aromatic carboxylic acids is 1. The number of unbranched alkanes of at least 4 members (excludes halogenated alkanes) is 1. The van der Waals surface area contributed by atoms with Gasteiger partial charge in [-0.2, -0.15) is 0 Å². The number of carboxylic acid groups (broad SMARTS) is 1. The zero-order valence-corrected chi connectivity index (χ0v) is 9.60. The summed E-state index contributed by atoms with van der Waals surface area (Å²) in [6, 6.07) is 6.84. The van der Waals surface area contributed by atoms with Crippen molar-refractivity contribution in [2.45, 2.75) is 19.8 Å². The van der Waals surface area contributed by atoms with Gasteiger partial charge < -0.3 is 14.3 Å². The minimum Gasteiger partial charge on any atom is -0.493 e. The van der Waals surface area contributed by atoms with Crippen molar-refractivity contribution in [3.05, 3.63) is 30.0 Å². The predicted octanol–water partition coefficient (Wildman–Crippen LogP) is 3.31.